The van der Waals surface area contributed by atoms with Crippen molar-refractivity contribution in [3.63, 3.8) is 0 Å². The van der Waals surface area contributed by atoms with Crippen LogP contribution in [0.5, 0.6) is 5.75 Å². The number of ether oxygens (including phenoxy) is 3. The van der Waals surface area contributed by atoms with Gasteiger partial charge in [-0.05, 0) is 92.1 Å². The monoisotopic (exact) mass is 698 g/mol. The summed E-state index contributed by atoms with van der Waals surface area (Å²) in [5, 5.41) is 10.5. The molecule has 262 valence electrons. The summed E-state index contributed by atoms with van der Waals surface area (Å²) >= 11 is 1.56. The van der Waals surface area contributed by atoms with Gasteiger partial charge in [0.15, 0.2) is 5.69 Å². The van der Waals surface area contributed by atoms with Gasteiger partial charge in [-0.15, -0.1) is 11.3 Å². The summed E-state index contributed by atoms with van der Waals surface area (Å²) in [6.07, 6.45) is 0.970. The molecule has 3 N–H and O–H groups in total. The van der Waals surface area contributed by atoms with E-state index in [2.05, 4.69) is 40.8 Å². The van der Waals surface area contributed by atoms with Gasteiger partial charge < -0.3 is 30.2 Å². The Labute approximate surface area is 295 Å². The van der Waals surface area contributed by atoms with Gasteiger partial charge in [-0.1, -0.05) is 26.0 Å². The normalized spacial score (nSPS) is 12.1. The summed E-state index contributed by atoms with van der Waals surface area (Å²) in [4.78, 5) is 57.7. The van der Waals surface area contributed by atoms with E-state index >= 15 is 0 Å². The summed E-state index contributed by atoms with van der Waals surface area (Å²) in [7, 11) is 1.24. The molecule has 12 heteroatoms. The first kappa shape index (κ1) is 36.1. The molecule has 3 heterocycles. The number of carbonyl (C=O) groups is 4. The van der Waals surface area contributed by atoms with Gasteiger partial charge in [-0.2, -0.15) is 0 Å². The number of alkyl carbamates (subject to hydrolysis) is 1. The number of carbonyl (C=O) groups excluding carboxylic acids is 4. The lowest BCUT2D eigenvalue weighted by Gasteiger charge is -2.19. The van der Waals surface area contributed by atoms with Crippen LogP contribution in [-0.4, -0.2) is 54.7 Å². The molecule has 0 bridgehead atoms. The fourth-order valence-corrected chi connectivity index (χ4v) is 6.32. The Balaban J connectivity index is 1.50. The number of esters is 1. The lowest BCUT2D eigenvalue weighted by Crippen LogP contribution is -2.32. The number of benzene rings is 2. The second kappa shape index (κ2) is 15.5. The lowest BCUT2D eigenvalue weighted by atomic mass is 9.93. The van der Waals surface area contributed by atoms with Crippen LogP contribution in [0.2, 0.25) is 0 Å². The average Bonchev–Trinajstić information content (AvgIpc) is 3.47. The molecular formula is C38H42N4O7S. The minimum absolute atomic E-state index is 0.0550. The number of rotatable bonds is 10. The van der Waals surface area contributed by atoms with Crippen molar-refractivity contribution in [1.82, 2.24) is 15.6 Å². The zero-order valence-corrected chi connectivity index (χ0v) is 29.9. The van der Waals surface area contributed by atoms with Gasteiger partial charge in [0, 0.05) is 52.3 Å². The van der Waals surface area contributed by atoms with Crippen molar-refractivity contribution in [1.29, 1.82) is 0 Å². The summed E-state index contributed by atoms with van der Waals surface area (Å²) < 4.78 is 16.6. The second-order valence-corrected chi connectivity index (χ2v) is 14.2. The zero-order chi connectivity index (χ0) is 36.0. The maximum Gasteiger partial charge on any atom is 0.407 e. The van der Waals surface area contributed by atoms with Crippen LogP contribution in [0, 0.1) is 5.92 Å². The molecule has 5 rings (SSSR count). The van der Waals surface area contributed by atoms with Gasteiger partial charge in [-0.3, -0.25) is 9.59 Å². The Kier molecular flexibility index (Phi) is 11.2. The number of thiophene rings is 1. The summed E-state index contributed by atoms with van der Waals surface area (Å²) in [6, 6.07) is 15.8. The molecule has 1 aliphatic heterocycles. The molecule has 11 nitrogen and oxygen atoms in total. The fourth-order valence-electron chi connectivity index (χ4n) is 5.34. The van der Waals surface area contributed by atoms with E-state index in [9.17, 15) is 19.2 Å². The Morgan fingerprint density at radius 3 is 2.40 bits per heavy atom. The third-order valence-electron chi connectivity index (χ3n) is 7.84. The fraction of sp³-hybridized carbons (Fsp3) is 0.342. The first-order valence-electron chi connectivity index (χ1n) is 16.5. The maximum absolute atomic E-state index is 14.1. The molecule has 0 atom stereocenters. The van der Waals surface area contributed by atoms with Crippen LogP contribution in [0.15, 0.2) is 60.0 Å². The molecule has 0 radical (unpaired) electrons. The number of methoxy groups -OCH3 is 1. The van der Waals surface area contributed by atoms with E-state index in [0.717, 1.165) is 28.0 Å². The first-order valence-corrected chi connectivity index (χ1v) is 17.3. The van der Waals surface area contributed by atoms with Crippen molar-refractivity contribution in [3.8, 4) is 27.3 Å². The van der Waals surface area contributed by atoms with E-state index in [-0.39, 0.29) is 23.5 Å². The Hall–Kier alpha value is -5.23. The van der Waals surface area contributed by atoms with Crippen LogP contribution in [0.25, 0.3) is 21.6 Å². The predicted molar refractivity (Wildman–Crippen MR) is 193 cm³/mol. The third kappa shape index (κ3) is 8.86. The molecule has 0 aliphatic carbocycles. The molecule has 0 fully saturated rings. The van der Waals surface area contributed by atoms with Crippen molar-refractivity contribution in [3.05, 3.63) is 88.1 Å². The number of amides is 3. The number of fused-ring (bicyclic) bond motifs is 3. The van der Waals surface area contributed by atoms with Crippen LogP contribution < -0.4 is 20.7 Å². The number of nitrogens with one attached hydrogen (secondary N) is 3. The van der Waals surface area contributed by atoms with Crippen LogP contribution in [0.1, 0.15) is 83.5 Å². The number of anilines is 1. The summed E-state index contributed by atoms with van der Waals surface area (Å²) in [5.41, 5.74) is 3.52. The van der Waals surface area contributed by atoms with Crippen molar-refractivity contribution in [2.75, 3.05) is 25.6 Å². The van der Waals surface area contributed by atoms with Gasteiger partial charge in [0.2, 0.25) is 0 Å². The quantitative estimate of drug-likeness (QED) is 0.147. The molecule has 0 spiro atoms. The number of nitrogens with zero attached hydrogens (tertiary/aromatic N) is 1. The van der Waals surface area contributed by atoms with Crippen molar-refractivity contribution >= 4 is 40.9 Å². The number of hydrogen-bond acceptors (Lipinski definition) is 9. The zero-order valence-electron chi connectivity index (χ0n) is 29.1. The largest absolute Gasteiger partial charge is 0.493 e. The SMILES string of the molecule is COC(=O)c1nc(C(=O)NCCC(C)C)ccc1-c1cc2c(cc1C(=O)Nc1ccc(CNC(=O)OC(C)(C)C)cc1)-c1sccc1CCO2. The van der Waals surface area contributed by atoms with Crippen molar-refractivity contribution in [2.24, 2.45) is 5.92 Å². The minimum Gasteiger partial charge on any atom is -0.493 e. The van der Waals surface area contributed by atoms with Gasteiger partial charge in [0.1, 0.15) is 17.0 Å². The van der Waals surface area contributed by atoms with Crippen molar-refractivity contribution < 1.29 is 33.4 Å². The molecule has 2 aromatic carbocycles. The minimum atomic E-state index is -0.754. The molecule has 3 amide bonds. The second-order valence-electron chi connectivity index (χ2n) is 13.3. The smallest absolute Gasteiger partial charge is 0.407 e. The Bertz CT molecular complexity index is 1890. The molecule has 1 aliphatic rings. The molecule has 0 saturated carbocycles. The van der Waals surface area contributed by atoms with E-state index < -0.39 is 29.5 Å². The predicted octanol–water partition coefficient (Wildman–Crippen LogP) is 7.25. The highest BCUT2D eigenvalue weighted by atomic mass is 32.1. The van der Waals surface area contributed by atoms with E-state index in [0.29, 0.717) is 48.1 Å². The van der Waals surface area contributed by atoms with Crippen LogP contribution >= 0.6 is 11.3 Å². The number of hydrogen-bond donors (Lipinski definition) is 3. The topological polar surface area (TPSA) is 145 Å². The molecule has 2 aromatic heterocycles. The first-order chi connectivity index (χ1) is 23.8. The van der Waals surface area contributed by atoms with E-state index in [1.807, 2.05) is 5.38 Å². The lowest BCUT2D eigenvalue weighted by molar-refractivity contribution is 0.0522. The summed E-state index contributed by atoms with van der Waals surface area (Å²) in [5.74, 6) is -0.640. The molecule has 0 unspecified atom stereocenters. The highest BCUT2D eigenvalue weighted by Gasteiger charge is 2.27. The maximum atomic E-state index is 14.1. The molecule has 0 saturated heterocycles. The van der Waals surface area contributed by atoms with Crippen LogP contribution in [-0.2, 0) is 22.4 Å². The van der Waals surface area contributed by atoms with E-state index in [4.69, 9.17) is 14.2 Å². The Morgan fingerprint density at radius 2 is 1.70 bits per heavy atom. The Morgan fingerprint density at radius 1 is 0.940 bits per heavy atom. The number of aromatic nitrogens is 1. The standard InChI is InChI=1S/C38H42N4O7S/c1-22(2)13-16-39-35(44)30-12-11-26(32(42-30)36(45)47-6)27-20-31-29(33-24(14-17-48-31)15-18-50-33)19-28(27)34(43)41-25-9-7-23(8-10-25)21-40-37(46)49-38(3,4)5/h7-12,15,18-20,22H,13-14,16-17,21H2,1-6H3,(H,39,44)(H,40,46)(H,41,43). The van der Waals surface area contributed by atoms with Gasteiger partial charge in [0.05, 0.1) is 13.7 Å². The molecular weight excluding hydrogens is 657 g/mol. The van der Waals surface area contributed by atoms with E-state index in [1.165, 1.54) is 13.2 Å². The van der Waals surface area contributed by atoms with Crippen molar-refractivity contribution in [2.45, 2.75) is 59.6 Å². The highest BCUT2D eigenvalue weighted by molar-refractivity contribution is 7.13. The van der Waals surface area contributed by atoms with Crippen LogP contribution in [0.4, 0.5) is 10.5 Å². The molecule has 4 aromatic rings. The van der Waals surface area contributed by atoms with Gasteiger partial charge in [-0.25, -0.2) is 14.6 Å². The molecule has 50 heavy (non-hydrogen) atoms. The highest BCUT2D eigenvalue weighted by Crippen LogP contribution is 2.43. The summed E-state index contributed by atoms with van der Waals surface area (Å²) in [6.45, 7) is 10.7. The van der Waals surface area contributed by atoms with Crippen LogP contribution in [0.3, 0.4) is 0 Å². The number of pyridine rings is 1. The third-order valence-corrected chi connectivity index (χ3v) is 8.83. The van der Waals surface area contributed by atoms with Gasteiger partial charge >= 0.3 is 12.1 Å². The van der Waals surface area contributed by atoms with E-state index in [1.54, 1.807) is 74.6 Å². The van der Waals surface area contributed by atoms with Gasteiger partial charge in [0.25, 0.3) is 11.8 Å². The average molecular weight is 699 g/mol.